The highest BCUT2D eigenvalue weighted by molar-refractivity contribution is 8.00. The molecule has 16 heavy (non-hydrogen) atoms. The number of hydrogen-bond acceptors (Lipinski definition) is 3. The molecular weight excluding hydrogens is 222 g/mol. The van der Waals surface area contributed by atoms with Gasteiger partial charge >= 0.3 is 6.09 Å². The van der Waals surface area contributed by atoms with Crippen LogP contribution in [0.2, 0.25) is 0 Å². The van der Waals surface area contributed by atoms with E-state index in [1.54, 1.807) is 0 Å². The molecule has 0 spiro atoms. The van der Waals surface area contributed by atoms with Crippen LogP contribution in [0.1, 0.15) is 34.6 Å². The lowest BCUT2D eigenvalue weighted by molar-refractivity contribution is 0.0681. The van der Waals surface area contributed by atoms with E-state index >= 15 is 0 Å². The molecule has 92 valence electrons. The van der Waals surface area contributed by atoms with Crippen LogP contribution >= 0.6 is 11.8 Å². The van der Waals surface area contributed by atoms with Crippen molar-refractivity contribution in [3.63, 3.8) is 0 Å². The summed E-state index contributed by atoms with van der Waals surface area (Å²) in [4.78, 5) is 13.9. The second-order valence-corrected chi connectivity index (χ2v) is 7.26. The summed E-state index contributed by atoms with van der Waals surface area (Å²) < 4.78 is 5.54. The molecule has 2 rings (SSSR count). The van der Waals surface area contributed by atoms with Crippen LogP contribution in [0.3, 0.4) is 0 Å². The van der Waals surface area contributed by atoms with Crippen molar-refractivity contribution in [3.05, 3.63) is 0 Å². The van der Waals surface area contributed by atoms with Gasteiger partial charge in [0.05, 0.1) is 0 Å². The molecule has 0 aliphatic carbocycles. The zero-order chi connectivity index (χ0) is 12.1. The van der Waals surface area contributed by atoms with Crippen LogP contribution in [0.4, 0.5) is 4.79 Å². The topological polar surface area (TPSA) is 29.5 Å². The fourth-order valence-corrected chi connectivity index (χ4v) is 4.35. The monoisotopic (exact) mass is 243 g/mol. The van der Waals surface area contributed by atoms with Gasteiger partial charge in [0.1, 0.15) is 11.5 Å². The van der Waals surface area contributed by atoms with Gasteiger partial charge in [-0.25, -0.2) is 4.79 Å². The highest BCUT2D eigenvalue weighted by atomic mass is 32.2. The number of carbonyl (C=O) groups is 1. The number of amides is 1. The first kappa shape index (κ1) is 12.1. The maximum absolute atomic E-state index is 11.9. The van der Waals surface area contributed by atoms with E-state index in [9.17, 15) is 4.79 Å². The molecule has 0 aromatic heterocycles. The van der Waals surface area contributed by atoms with Gasteiger partial charge in [0.15, 0.2) is 0 Å². The van der Waals surface area contributed by atoms with E-state index in [0.29, 0.717) is 12.0 Å². The number of ether oxygens (including phenoxy) is 1. The minimum absolute atomic E-state index is 0.0218. The summed E-state index contributed by atoms with van der Waals surface area (Å²) in [5.41, 5.74) is 0.0218. The smallest absolute Gasteiger partial charge is 0.411 e. The SMILES string of the molecule is CC(C)[C@H]1CS[C@H]2[C@@H](C(C)(C)C)OC(=O)N12. The second kappa shape index (κ2) is 3.83. The molecule has 0 bridgehead atoms. The summed E-state index contributed by atoms with van der Waals surface area (Å²) >= 11 is 1.87. The van der Waals surface area contributed by atoms with Crippen molar-refractivity contribution < 1.29 is 9.53 Å². The van der Waals surface area contributed by atoms with Gasteiger partial charge in [0.2, 0.25) is 0 Å². The number of hydrogen-bond donors (Lipinski definition) is 0. The van der Waals surface area contributed by atoms with Crippen LogP contribution < -0.4 is 0 Å². The maximum Gasteiger partial charge on any atom is 0.411 e. The molecule has 3 atom stereocenters. The Morgan fingerprint density at radius 3 is 2.56 bits per heavy atom. The van der Waals surface area contributed by atoms with E-state index in [-0.39, 0.29) is 23.0 Å². The number of carbonyl (C=O) groups excluding carboxylic acids is 1. The summed E-state index contributed by atoms with van der Waals surface area (Å²) in [6.45, 7) is 10.8. The molecule has 0 aromatic carbocycles. The molecule has 2 aliphatic rings. The number of rotatable bonds is 1. The molecule has 2 saturated heterocycles. The Bertz CT molecular complexity index is 298. The molecule has 2 heterocycles. The van der Waals surface area contributed by atoms with Crippen LogP contribution in [0.5, 0.6) is 0 Å². The molecule has 2 aliphatic heterocycles. The van der Waals surface area contributed by atoms with Crippen molar-refractivity contribution in [1.29, 1.82) is 0 Å². The van der Waals surface area contributed by atoms with Gasteiger partial charge in [-0.1, -0.05) is 34.6 Å². The Hall–Kier alpha value is -0.380. The van der Waals surface area contributed by atoms with E-state index in [1.807, 2.05) is 16.7 Å². The van der Waals surface area contributed by atoms with Crippen LogP contribution in [-0.4, -0.2) is 34.3 Å². The largest absolute Gasteiger partial charge is 0.442 e. The first-order valence-electron chi connectivity index (χ1n) is 5.93. The summed E-state index contributed by atoms with van der Waals surface area (Å²) in [6.07, 6.45) is -0.0950. The Kier molecular flexibility index (Phi) is 2.89. The lowest BCUT2D eigenvalue weighted by Crippen LogP contribution is -2.41. The highest BCUT2D eigenvalue weighted by Crippen LogP contribution is 2.45. The Morgan fingerprint density at radius 1 is 1.44 bits per heavy atom. The molecule has 0 aromatic rings. The molecule has 4 heteroatoms. The summed E-state index contributed by atoms with van der Waals surface area (Å²) in [6, 6.07) is 0.342. The standard InChI is InChI=1S/C12H21NO2S/c1-7(2)8-6-16-10-9(12(3,4)5)15-11(14)13(8)10/h7-10H,6H2,1-5H3/t8-,9+,10+/m1/s1. The number of thioether (sulfide) groups is 1. The van der Waals surface area contributed by atoms with Gasteiger partial charge in [0.25, 0.3) is 0 Å². The third kappa shape index (κ3) is 1.81. The molecule has 0 N–H and O–H groups in total. The predicted molar refractivity (Wildman–Crippen MR) is 66.4 cm³/mol. The molecular formula is C12H21NO2S. The zero-order valence-corrected chi connectivity index (χ0v) is 11.5. The average molecular weight is 243 g/mol. The number of fused-ring (bicyclic) bond motifs is 1. The normalized spacial score (nSPS) is 34.5. The minimum Gasteiger partial charge on any atom is -0.442 e. The fourth-order valence-electron chi connectivity index (χ4n) is 2.36. The van der Waals surface area contributed by atoms with Gasteiger partial charge in [-0.3, -0.25) is 4.90 Å². The Labute approximate surface area is 102 Å². The molecule has 0 unspecified atom stereocenters. The van der Waals surface area contributed by atoms with E-state index in [0.717, 1.165) is 5.75 Å². The second-order valence-electron chi connectivity index (χ2n) is 6.11. The Balaban J connectivity index is 2.21. The quantitative estimate of drug-likeness (QED) is 0.709. The van der Waals surface area contributed by atoms with Gasteiger partial charge in [-0.15, -0.1) is 11.8 Å². The molecule has 2 fully saturated rings. The number of nitrogens with zero attached hydrogens (tertiary/aromatic N) is 1. The first-order valence-corrected chi connectivity index (χ1v) is 6.98. The summed E-state index contributed by atoms with van der Waals surface area (Å²) in [7, 11) is 0. The summed E-state index contributed by atoms with van der Waals surface area (Å²) in [5.74, 6) is 1.55. The van der Waals surface area contributed by atoms with Crippen molar-refractivity contribution in [2.45, 2.75) is 52.1 Å². The van der Waals surface area contributed by atoms with Crippen LogP contribution in [0, 0.1) is 11.3 Å². The van der Waals surface area contributed by atoms with E-state index < -0.39 is 0 Å². The first-order chi connectivity index (χ1) is 7.32. The van der Waals surface area contributed by atoms with Crippen LogP contribution in [0.25, 0.3) is 0 Å². The lowest BCUT2D eigenvalue weighted by Gasteiger charge is -2.29. The molecule has 0 saturated carbocycles. The third-order valence-electron chi connectivity index (χ3n) is 3.39. The van der Waals surface area contributed by atoms with E-state index in [2.05, 4.69) is 34.6 Å². The van der Waals surface area contributed by atoms with Gasteiger partial charge < -0.3 is 4.74 Å². The molecule has 1 amide bonds. The van der Waals surface area contributed by atoms with Crippen molar-refractivity contribution in [2.24, 2.45) is 11.3 Å². The predicted octanol–water partition coefficient (Wildman–Crippen LogP) is 2.95. The number of cyclic esters (lactones) is 1. The minimum atomic E-state index is -0.117. The van der Waals surface area contributed by atoms with Crippen LogP contribution in [0.15, 0.2) is 0 Å². The fraction of sp³-hybridized carbons (Fsp3) is 0.917. The average Bonchev–Trinajstić information content (AvgIpc) is 2.65. The maximum atomic E-state index is 11.9. The highest BCUT2D eigenvalue weighted by Gasteiger charge is 2.54. The van der Waals surface area contributed by atoms with E-state index in [1.165, 1.54) is 0 Å². The van der Waals surface area contributed by atoms with Crippen molar-refractivity contribution in [3.8, 4) is 0 Å². The van der Waals surface area contributed by atoms with Crippen LogP contribution in [-0.2, 0) is 4.74 Å². The van der Waals surface area contributed by atoms with E-state index in [4.69, 9.17) is 4.74 Å². The molecule has 0 radical (unpaired) electrons. The van der Waals surface area contributed by atoms with Crippen molar-refractivity contribution >= 4 is 17.9 Å². The van der Waals surface area contributed by atoms with Gasteiger partial charge in [0, 0.05) is 17.2 Å². The summed E-state index contributed by atoms with van der Waals surface area (Å²) in [5, 5.41) is 0.222. The molecule has 3 nitrogen and oxygen atoms in total. The third-order valence-corrected chi connectivity index (χ3v) is 4.74. The zero-order valence-electron chi connectivity index (χ0n) is 10.7. The van der Waals surface area contributed by atoms with Gasteiger partial charge in [-0.05, 0) is 5.92 Å². The van der Waals surface area contributed by atoms with Crippen molar-refractivity contribution in [2.75, 3.05) is 5.75 Å². The Morgan fingerprint density at radius 2 is 2.06 bits per heavy atom. The van der Waals surface area contributed by atoms with Gasteiger partial charge in [-0.2, -0.15) is 0 Å². The lowest BCUT2D eigenvalue weighted by atomic mass is 9.88. The van der Waals surface area contributed by atoms with Crippen molar-refractivity contribution in [1.82, 2.24) is 4.90 Å².